The lowest BCUT2D eigenvalue weighted by Crippen LogP contribution is -2.38. The van der Waals surface area contributed by atoms with E-state index in [-0.39, 0.29) is 12.0 Å². The molecular formula is C11H23NO3. The van der Waals surface area contributed by atoms with E-state index in [9.17, 15) is 4.79 Å². The van der Waals surface area contributed by atoms with Crippen molar-refractivity contribution in [1.82, 2.24) is 5.32 Å². The molecule has 90 valence electrons. The monoisotopic (exact) mass is 217 g/mol. The molecule has 0 fully saturated rings. The Labute approximate surface area is 92.3 Å². The van der Waals surface area contributed by atoms with Crippen molar-refractivity contribution in [3.8, 4) is 0 Å². The molecule has 4 heteroatoms. The number of carbonyl (C=O) groups is 1. The fraction of sp³-hybridized carbons (Fsp3) is 0.909. The van der Waals surface area contributed by atoms with E-state index < -0.39 is 0 Å². The van der Waals surface area contributed by atoms with Crippen molar-refractivity contribution in [3.05, 3.63) is 0 Å². The molecule has 0 spiro atoms. The van der Waals surface area contributed by atoms with Gasteiger partial charge in [-0.2, -0.15) is 0 Å². The molecule has 0 bridgehead atoms. The maximum Gasteiger partial charge on any atom is 0.323 e. The Morgan fingerprint density at radius 2 is 2.07 bits per heavy atom. The summed E-state index contributed by atoms with van der Waals surface area (Å²) in [5.41, 5.74) is 0. The summed E-state index contributed by atoms with van der Waals surface area (Å²) in [7, 11) is 1.70. The third-order valence-electron chi connectivity index (χ3n) is 2.15. The van der Waals surface area contributed by atoms with Gasteiger partial charge >= 0.3 is 5.97 Å². The first-order valence-corrected chi connectivity index (χ1v) is 5.65. The van der Waals surface area contributed by atoms with Crippen molar-refractivity contribution in [2.45, 2.75) is 39.2 Å². The molecule has 1 atom stereocenters. The molecule has 0 aliphatic heterocycles. The van der Waals surface area contributed by atoms with Gasteiger partial charge < -0.3 is 14.8 Å². The van der Waals surface area contributed by atoms with Crippen molar-refractivity contribution in [1.29, 1.82) is 0 Å². The SMILES string of the molecule is CCOC(=O)C(CC)NCCCCOC. The number of esters is 1. The quantitative estimate of drug-likeness (QED) is 0.468. The molecule has 0 heterocycles. The zero-order chi connectivity index (χ0) is 11.5. The van der Waals surface area contributed by atoms with E-state index in [0.717, 1.165) is 32.4 Å². The summed E-state index contributed by atoms with van der Waals surface area (Å²) in [6.45, 7) is 5.85. The lowest BCUT2D eigenvalue weighted by molar-refractivity contribution is -0.145. The smallest absolute Gasteiger partial charge is 0.323 e. The predicted octanol–water partition coefficient (Wildman–Crippen LogP) is 1.34. The first-order chi connectivity index (χ1) is 7.26. The van der Waals surface area contributed by atoms with Gasteiger partial charge in [0.25, 0.3) is 0 Å². The number of ether oxygens (including phenoxy) is 2. The molecule has 0 aromatic carbocycles. The van der Waals surface area contributed by atoms with Crippen molar-refractivity contribution >= 4 is 5.97 Å². The van der Waals surface area contributed by atoms with Gasteiger partial charge in [-0.1, -0.05) is 6.92 Å². The van der Waals surface area contributed by atoms with Crippen LogP contribution in [0.4, 0.5) is 0 Å². The molecule has 0 radical (unpaired) electrons. The van der Waals surface area contributed by atoms with Gasteiger partial charge in [-0.25, -0.2) is 0 Å². The highest BCUT2D eigenvalue weighted by Gasteiger charge is 2.15. The fourth-order valence-corrected chi connectivity index (χ4v) is 1.28. The van der Waals surface area contributed by atoms with Crippen LogP contribution >= 0.6 is 0 Å². The molecule has 15 heavy (non-hydrogen) atoms. The van der Waals surface area contributed by atoms with E-state index >= 15 is 0 Å². The molecule has 0 amide bonds. The third kappa shape index (κ3) is 7.33. The number of hydrogen-bond donors (Lipinski definition) is 1. The zero-order valence-corrected chi connectivity index (χ0v) is 10.0. The van der Waals surface area contributed by atoms with E-state index in [1.54, 1.807) is 7.11 Å². The van der Waals surface area contributed by atoms with Crippen LogP contribution in [0.25, 0.3) is 0 Å². The highest BCUT2D eigenvalue weighted by Crippen LogP contribution is 1.96. The summed E-state index contributed by atoms with van der Waals surface area (Å²) in [5.74, 6) is -0.147. The maximum absolute atomic E-state index is 11.4. The minimum atomic E-state index is -0.160. The number of rotatable bonds is 9. The van der Waals surface area contributed by atoms with E-state index in [1.165, 1.54) is 0 Å². The molecule has 0 aromatic rings. The summed E-state index contributed by atoms with van der Waals surface area (Å²) in [4.78, 5) is 11.4. The number of methoxy groups -OCH3 is 1. The van der Waals surface area contributed by atoms with E-state index in [2.05, 4.69) is 5.32 Å². The molecular weight excluding hydrogens is 194 g/mol. The van der Waals surface area contributed by atoms with Crippen LogP contribution in [-0.4, -0.2) is 38.9 Å². The number of unbranched alkanes of at least 4 members (excludes halogenated alkanes) is 1. The second kappa shape index (κ2) is 9.93. The van der Waals surface area contributed by atoms with Crippen molar-refractivity contribution < 1.29 is 14.3 Å². The molecule has 0 aromatic heterocycles. The Morgan fingerprint density at radius 1 is 1.33 bits per heavy atom. The van der Waals surface area contributed by atoms with Gasteiger partial charge in [0.15, 0.2) is 0 Å². The van der Waals surface area contributed by atoms with Crippen molar-refractivity contribution in [2.75, 3.05) is 26.9 Å². The van der Waals surface area contributed by atoms with Crippen LogP contribution in [0.3, 0.4) is 0 Å². The molecule has 1 unspecified atom stereocenters. The lowest BCUT2D eigenvalue weighted by atomic mass is 10.2. The van der Waals surface area contributed by atoms with Crippen LogP contribution in [0.1, 0.15) is 33.1 Å². The third-order valence-corrected chi connectivity index (χ3v) is 2.15. The van der Waals surface area contributed by atoms with Gasteiger partial charge in [-0.3, -0.25) is 4.79 Å². The number of hydrogen-bond acceptors (Lipinski definition) is 4. The Kier molecular flexibility index (Phi) is 9.52. The number of nitrogens with one attached hydrogen (secondary N) is 1. The highest BCUT2D eigenvalue weighted by atomic mass is 16.5. The zero-order valence-electron chi connectivity index (χ0n) is 10.0. The average molecular weight is 217 g/mol. The van der Waals surface area contributed by atoms with Crippen molar-refractivity contribution in [2.24, 2.45) is 0 Å². The largest absolute Gasteiger partial charge is 0.465 e. The summed E-state index contributed by atoms with van der Waals surface area (Å²) >= 11 is 0. The molecule has 0 saturated carbocycles. The average Bonchev–Trinajstić information content (AvgIpc) is 2.23. The second-order valence-electron chi connectivity index (χ2n) is 3.37. The second-order valence-corrected chi connectivity index (χ2v) is 3.37. The highest BCUT2D eigenvalue weighted by molar-refractivity contribution is 5.75. The Balaban J connectivity index is 3.56. The van der Waals surface area contributed by atoms with Crippen LogP contribution in [0.5, 0.6) is 0 Å². The Morgan fingerprint density at radius 3 is 2.60 bits per heavy atom. The fourth-order valence-electron chi connectivity index (χ4n) is 1.28. The first-order valence-electron chi connectivity index (χ1n) is 5.65. The minimum absolute atomic E-state index is 0.147. The van der Waals surface area contributed by atoms with Gasteiger partial charge in [-0.05, 0) is 32.7 Å². The molecule has 0 rings (SSSR count). The number of carbonyl (C=O) groups excluding carboxylic acids is 1. The Bertz CT molecular complexity index is 162. The molecule has 0 saturated heterocycles. The van der Waals surface area contributed by atoms with E-state index in [0.29, 0.717) is 6.61 Å². The van der Waals surface area contributed by atoms with Gasteiger partial charge in [-0.15, -0.1) is 0 Å². The molecule has 4 nitrogen and oxygen atoms in total. The topological polar surface area (TPSA) is 47.6 Å². The first kappa shape index (κ1) is 14.4. The van der Waals surface area contributed by atoms with Crippen molar-refractivity contribution in [3.63, 3.8) is 0 Å². The van der Waals surface area contributed by atoms with E-state index in [1.807, 2.05) is 13.8 Å². The van der Waals surface area contributed by atoms with Crippen LogP contribution in [0.2, 0.25) is 0 Å². The van der Waals surface area contributed by atoms with Crippen LogP contribution < -0.4 is 5.32 Å². The standard InChI is InChI=1S/C11H23NO3/c1-4-10(11(13)15-5-2)12-8-6-7-9-14-3/h10,12H,4-9H2,1-3H3. The minimum Gasteiger partial charge on any atom is -0.465 e. The predicted molar refractivity (Wildman–Crippen MR) is 59.8 cm³/mol. The molecule has 0 aliphatic carbocycles. The van der Waals surface area contributed by atoms with Crippen LogP contribution in [0.15, 0.2) is 0 Å². The van der Waals surface area contributed by atoms with Gasteiger partial charge in [0.2, 0.25) is 0 Å². The lowest BCUT2D eigenvalue weighted by Gasteiger charge is -2.15. The molecule has 0 aliphatic rings. The van der Waals surface area contributed by atoms with Gasteiger partial charge in [0.1, 0.15) is 6.04 Å². The van der Waals surface area contributed by atoms with Crippen LogP contribution in [-0.2, 0) is 14.3 Å². The normalized spacial score (nSPS) is 12.5. The summed E-state index contributed by atoms with van der Waals surface area (Å²) in [6.07, 6.45) is 2.80. The van der Waals surface area contributed by atoms with Gasteiger partial charge in [0, 0.05) is 13.7 Å². The van der Waals surface area contributed by atoms with E-state index in [4.69, 9.17) is 9.47 Å². The summed E-state index contributed by atoms with van der Waals surface area (Å²) in [6, 6.07) is -0.160. The van der Waals surface area contributed by atoms with Crippen LogP contribution in [0, 0.1) is 0 Å². The Hall–Kier alpha value is -0.610. The van der Waals surface area contributed by atoms with Gasteiger partial charge in [0.05, 0.1) is 6.61 Å². The molecule has 1 N–H and O–H groups in total. The maximum atomic E-state index is 11.4. The summed E-state index contributed by atoms with van der Waals surface area (Å²) in [5, 5.41) is 3.18. The summed E-state index contributed by atoms with van der Waals surface area (Å²) < 4.78 is 9.89.